The van der Waals surface area contributed by atoms with Crippen LogP contribution in [0.3, 0.4) is 0 Å². The van der Waals surface area contributed by atoms with E-state index < -0.39 is 0 Å². The predicted octanol–water partition coefficient (Wildman–Crippen LogP) is 8.07. The number of furan rings is 1. The van der Waals surface area contributed by atoms with Crippen molar-refractivity contribution in [1.29, 1.82) is 0 Å². The maximum Gasteiger partial charge on any atom is 0.174 e. The average Bonchev–Trinajstić information content (AvgIpc) is 3.55. The fourth-order valence-corrected chi connectivity index (χ4v) is 5.11. The van der Waals surface area contributed by atoms with E-state index in [0.29, 0.717) is 5.11 Å². The Balaban J connectivity index is 1.35. The number of halogens is 1. The molecule has 0 spiro atoms. The lowest BCUT2D eigenvalue weighted by atomic mass is 10.0. The summed E-state index contributed by atoms with van der Waals surface area (Å²) in [7, 11) is 0. The van der Waals surface area contributed by atoms with Crippen LogP contribution in [0, 0.1) is 0 Å². The summed E-state index contributed by atoms with van der Waals surface area (Å²) >= 11 is 9.34. The van der Waals surface area contributed by atoms with Gasteiger partial charge in [-0.1, -0.05) is 52.3 Å². The van der Waals surface area contributed by atoms with Crippen LogP contribution in [0.1, 0.15) is 23.5 Å². The number of benzene rings is 3. The lowest BCUT2D eigenvalue weighted by Gasteiger charge is -2.26. The molecule has 3 aromatic carbocycles. The highest BCUT2D eigenvalue weighted by molar-refractivity contribution is 9.10. The molecule has 1 fully saturated rings. The number of rotatable bonds is 6. The molecule has 5 aromatic rings. The van der Waals surface area contributed by atoms with Gasteiger partial charge in [0.25, 0.3) is 0 Å². The number of nitrogens with zero attached hydrogens (tertiary/aromatic N) is 2. The Labute approximate surface area is 228 Å². The Hall–Kier alpha value is -3.94. The Bertz CT molecular complexity index is 1510. The Morgan fingerprint density at radius 1 is 0.811 bits per heavy atom. The van der Waals surface area contributed by atoms with Gasteiger partial charge in [-0.2, -0.15) is 0 Å². The molecule has 0 unspecified atom stereocenters. The first-order valence-corrected chi connectivity index (χ1v) is 13.1. The van der Waals surface area contributed by atoms with E-state index in [2.05, 4.69) is 31.1 Å². The molecular formula is C30H22BrN3O2S. The second-order valence-electron chi connectivity index (χ2n) is 8.61. The van der Waals surface area contributed by atoms with Gasteiger partial charge in [0, 0.05) is 21.9 Å². The summed E-state index contributed by atoms with van der Waals surface area (Å²) in [6.07, 6.45) is 1.80. The first-order chi connectivity index (χ1) is 18.2. The van der Waals surface area contributed by atoms with Crippen LogP contribution in [0.25, 0.3) is 11.3 Å². The van der Waals surface area contributed by atoms with Crippen LogP contribution in [0.2, 0.25) is 0 Å². The number of hydrogen-bond donors (Lipinski definition) is 1. The summed E-state index contributed by atoms with van der Waals surface area (Å²) in [5.41, 5.74) is 2.83. The van der Waals surface area contributed by atoms with Gasteiger partial charge in [-0.15, -0.1) is 0 Å². The Kier molecular flexibility index (Phi) is 6.47. The quantitative estimate of drug-likeness (QED) is 0.209. The fraction of sp³-hybridized carbons (Fsp3) is 0.0667. The summed E-state index contributed by atoms with van der Waals surface area (Å²) in [5.74, 6) is 3.14. The number of anilines is 1. The third-order valence-electron chi connectivity index (χ3n) is 6.24. The minimum Gasteiger partial charge on any atom is -0.459 e. The molecule has 1 N–H and O–H groups in total. The van der Waals surface area contributed by atoms with Crippen molar-refractivity contribution in [3.05, 3.63) is 131 Å². The molecule has 6 rings (SSSR count). The third-order valence-corrected chi connectivity index (χ3v) is 7.08. The highest BCUT2D eigenvalue weighted by Gasteiger charge is 2.42. The highest BCUT2D eigenvalue weighted by Crippen LogP contribution is 2.43. The number of ether oxygens (including phenoxy) is 1. The summed E-state index contributed by atoms with van der Waals surface area (Å²) in [6.45, 7) is 0. The van der Waals surface area contributed by atoms with Gasteiger partial charge >= 0.3 is 0 Å². The largest absolute Gasteiger partial charge is 0.459 e. The van der Waals surface area contributed by atoms with Crippen LogP contribution in [-0.2, 0) is 0 Å². The smallest absolute Gasteiger partial charge is 0.174 e. The molecule has 1 aliphatic heterocycles. The third kappa shape index (κ3) is 4.88. The first kappa shape index (κ1) is 23.5. The molecule has 0 aliphatic carbocycles. The number of nitrogens with one attached hydrogen (secondary N) is 1. The molecule has 1 aliphatic rings. The average molecular weight is 568 g/mol. The molecule has 2 aromatic heterocycles. The highest BCUT2D eigenvalue weighted by atomic mass is 79.9. The van der Waals surface area contributed by atoms with E-state index in [1.807, 2.05) is 109 Å². The molecule has 3 heterocycles. The van der Waals surface area contributed by atoms with Crippen LogP contribution >= 0.6 is 28.1 Å². The molecule has 0 saturated carbocycles. The Morgan fingerprint density at radius 3 is 2.27 bits per heavy atom. The van der Waals surface area contributed by atoms with Crippen molar-refractivity contribution in [2.75, 3.05) is 4.90 Å². The van der Waals surface area contributed by atoms with Crippen molar-refractivity contribution in [3.8, 4) is 22.8 Å². The van der Waals surface area contributed by atoms with E-state index in [4.69, 9.17) is 21.4 Å². The molecule has 37 heavy (non-hydrogen) atoms. The zero-order valence-corrected chi connectivity index (χ0v) is 22.0. The van der Waals surface area contributed by atoms with Gasteiger partial charge in [0.2, 0.25) is 0 Å². The van der Waals surface area contributed by atoms with Crippen molar-refractivity contribution in [2.45, 2.75) is 12.1 Å². The topological polar surface area (TPSA) is 50.5 Å². The predicted molar refractivity (Wildman–Crippen MR) is 153 cm³/mol. The van der Waals surface area contributed by atoms with E-state index in [9.17, 15) is 0 Å². The second-order valence-corrected chi connectivity index (χ2v) is 9.92. The van der Waals surface area contributed by atoms with Crippen molar-refractivity contribution >= 4 is 38.9 Å². The maximum atomic E-state index is 6.44. The zero-order valence-electron chi connectivity index (χ0n) is 19.6. The van der Waals surface area contributed by atoms with Crippen LogP contribution in [-0.4, -0.2) is 10.1 Å². The summed E-state index contributed by atoms with van der Waals surface area (Å²) in [6, 6.07) is 35.2. The van der Waals surface area contributed by atoms with Crippen molar-refractivity contribution < 1.29 is 9.15 Å². The van der Waals surface area contributed by atoms with Gasteiger partial charge in [0.1, 0.15) is 29.1 Å². The standard InChI is InChI=1S/C30H22BrN3O2S/c31-21-11-9-20(10-12-21)26-17-18-27(36-26)29-28(25-8-4-5-19-32-25)33-30(37)34(29)22-13-15-24(16-14-22)35-23-6-2-1-3-7-23/h1-19,28-29H,(H,33,37)/t28-,29+/m1/s1. The van der Waals surface area contributed by atoms with Gasteiger partial charge in [0.05, 0.1) is 11.7 Å². The lowest BCUT2D eigenvalue weighted by molar-refractivity contribution is 0.439. The molecule has 1 saturated heterocycles. The van der Waals surface area contributed by atoms with Gasteiger partial charge in [-0.05, 0) is 85.0 Å². The van der Waals surface area contributed by atoms with Crippen molar-refractivity contribution in [3.63, 3.8) is 0 Å². The number of aromatic nitrogens is 1. The van der Waals surface area contributed by atoms with E-state index in [0.717, 1.165) is 44.4 Å². The van der Waals surface area contributed by atoms with E-state index in [-0.39, 0.29) is 12.1 Å². The first-order valence-electron chi connectivity index (χ1n) is 11.8. The molecule has 7 heteroatoms. The molecule has 0 amide bonds. The molecule has 0 radical (unpaired) electrons. The fourth-order valence-electron chi connectivity index (χ4n) is 4.50. The minimum absolute atomic E-state index is 0.183. The van der Waals surface area contributed by atoms with Crippen molar-refractivity contribution in [2.24, 2.45) is 0 Å². The van der Waals surface area contributed by atoms with Gasteiger partial charge in [-0.25, -0.2) is 0 Å². The summed E-state index contributed by atoms with van der Waals surface area (Å²) in [5, 5.41) is 4.09. The molecule has 182 valence electrons. The number of hydrogen-bond acceptors (Lipinski definition) is 4. The van der Waals surface area contributed by atoms with Gasteiger partial charge in [0.15, 0.2) is 5.11 Å². The Morgan fingerprint density at radius 2 is 1.54 bits per heavy atom. The van der Waals surface area contributed by atoms with Crippen LogP contribution < -0.4 is 15.0 Å². The van der Waals surface area contributed by atoms with Crippen LogP contribution in [0.4, 0.5) is 5.69 Å². The second kappa shape index (κ2) is 10.2. The number of thiocarbonyl (C=S) groups is 1. The molecule has 2 atom stereocenters. The SMILES string of the molecule is S=C1N[C@H](c2ccccn2)[C@H](c2ccc(-c3ccc(Br)cc3)o2)N1c1ccc(Oc2ccccc2)cc1. The normalized spacial score (nSPS) is 17.0. The maximum absolute atomic E-state index is 6.44. The summed E-state index contributed by atoms with van der Waals surface area (Å²) in [4.78, 5) is 6.71. The van der Waals surface area contributed by atoms with E-state index >= 15 is 0 Å². The minimum atomic E-state index is -0.229. The monoisotopic (exact) mass is 567 g/mol. The summed E-state index contributed by atoms with van der Waals surface area (Å²) < 4.78 is 13.4. The van der Waals surface area contributed by atoms with Crippen molar-refractivity contribution in [1.82, 2.24) is 10.3 Å². The lowest BCUT2D eigenvalue weighted by Crippen LogP contribution is -2.29. The van der Waals surface area contributed by atoms with Gasteiger partial charge < -0.3 is 19.4 Å². The zero-order chi connectivity index (χ0) is 25.2. The van der Waals surface area contributed by atoms with Gasteiger partial charge in [-0.3, -0.25) is 4.98 Å². The van der Waals surface area contributed by atoms with E-state index in [1.165, 1.54) is 0 Å². The number of pyridine rings is 1. The number of para-hydroxylation sites is 1. The van der Waals surface area contributed by atoms with Crippen LogP contribution in [0.15, 0.2) is 124 Å². The molecular weight excluding hydrogens is 546 g/mol. The molecule has 5 nitrogen and oxygen atoms in total. The van der Waals surface area contributed by atoms with Crippen LogP contribution in [0.5, 0.6) is 11.5 Å². The van der Waals surface area contributed by atoms with E-state index in [1.54, 1.807) is 6.20 Å². The molecule has 0 bridgehead atoms.